The lowest BCUT2D eigenvalue weighted by molar-refractivity contribution is -0.277. The van der Waals surface area contributed by atoms with Gasteiger partial charge in [0.2, 0.25) is 65.1 Å². The van der Waals surface area contributed by atoms with Gasteiger partial charge in [0, 0.05) is 35.8 Å². The summed E-state index contributed by atoms with van der Waals surface area (Å²) >= 11 is 14.3. The lowest BCUT2D eigenvalue weighted by atomic mass is 9.54. The van der Waals surface area contributed by atoms with Gasteiger partial charge in [0.05, 0.1) is 29.1 Å². The number of likely N-dealkylation sites (N-methyl/N-ethyl adjacent to an activating group) is 1. The molecule has 14 atom stereocenters. The highest BCUT2D eigenvalue weighted by Gasteiger charge is 2.52. The van der Waals surface area contributed by atoms with Gasteiger partial charge in [0.25, 0.3) is 5.91 Å². The third-order valence-corrected chi connectivity index (χ3v) is 23.5. The molecule has 5 fully saturated rings. The van der Waals surface area contributed by atoms with E-state index in [2.05, 4.69) is 47.9 Å². The molecule has 628 valence electrons. The number of carbonyl (C=O) groups excluding carboxylic acids is 9. The molecular weight excluding hydrogens is 1580 g/mol. The van der Waals surface area contributed by atoms with Gasteiger partial charge in [0.15, 0.2) is 23.0 Å². The number of hydrogen-bond acceptors (Lipinski definition) is 27. The Morgan fingerprint density at radius 2 is 1.24 bits per heavy atom. The number of aromatic hydroxyl groups is 1. The molecule has 0 aromatic heterocycles. The van der Waals surface area contributed by atoms with Crippen molar-refractivity contribution < 1.29 is 118 Å². The summed E-state index contributed by atoms with van der Waals surface area (Å²) in [5, 5.41) is 129. The highest BCUT2D eigenvalue weighted by molar-refractivity contribution is 6.32. The Labute approximate surface area is 684 Å². The molecule has 0 unspecified atom stereocenters. The van der Waals surface area contributed by atoms with Crippen molar-refractivity contribution in [3.05, 3.63) is 152 Å². The zero-order valence-corrected chi connectivity index (χ0v) is 65.3. The van der Waals surface area contributed by atoms with Crippen LogP contribution in [-0.4, -0.2) is 200 Å². The van der Waals surface area contributed by atoms with Crippen LogP contribution in [-0.2, 0) is 48.9 Å². The normalized spacial score (nSPS) is 28.2. The van der Waals surface area contributed by atoms with E-state index in [9.17, 15) is 60.3 Å². The lowest BCUT2D eigenvalue weighted by Crippen LogP contribution is -2.60. The maximum absolute atomic E-state index is 16.5. The molecule has 11 aliphatic rings. The van der Waals surface area contributed by atoms with Crippen molar-refractivity contribution in [2.24, 2.45) is 41.1 Å². The van der Waals surface area contributed by atoms with Crippen LogP contribution in [0, 0.1) is 29.6 Å². The molecule has 17 rings (SSSR count). The van der Waals surface area contributed by atoms with E-state index in [1.807, 2.05) is 13.8 Å². The number of ether oxygens (including phenoxy) is 6. The quantitative estimate of drug-likeness (QED) is 0.0502. The Kier molecular flexibility index (Phi) is 24.6. The minimum Gasteiger partial charge on any atom is -0.508 e. The first-order valence-electron chi connectivity index (χ1n) is 38.7. The Balaban J connectivity index is 0.952. The first kappa shape index (κ1) is 84.1. The molecule has 37 heteroatoms. The summed E-state index contributed by atoms with van der Waals surface area (Å²) in [6.45, 7) is 2.74. The average molecular weight is 1670 g/mol. The molecule has 15 bridgehead atoms. The number of phenolic OH excluding ortho intramolecular Hbond substituents is 1. The molecule has 0 radical (unpaired) electrons. The van der Waals surface area contributed by atoms with Gasteiger partial charge < -0.3 is 128 Å². The molecule has 9 amide bonds. The van der Waals surface area contributed by atoms with Crippen molar-refractivity contribution in [1.29, 1.82) is 0 Å². The fraction of sp³-hybridized carbons (Fsp3) is 0.444. The molecule has 35 nitrogen and oxygen atoms in total. The standard InChI is InChI=1S/C81H91Cl2N11O24/c1-32(2)16-49(86-3)73(104)93-64-66(98)36-5-9-51(47(82)23-36)115-55-26-41-27-56(71(55)118-80-70(102)69(101)68(100)57(31-95)117-80)116-52-10-6-37(24-48(52)83)67(99)65-79(110)92-63(77(108)89-60-39-18-33-17-34(20-39)21-40(60)19-33)44-28-42(96)29-46-59(44)43-22-35(4-8-45(43)81(46,111)112)61(75(106)94-65)91-76(107)62(41)90-74(105)50(87-78(64)109)30-58(97)88-72(103)38-7-11-53(113-14-12-84)54(25-38)114-15-13-85/h4-11,22-29,32-34,39-40,49-50,57,60-70,80,86,95-96,98-102,111-112H,12-21,30-31,84-85H2,1-3H3,(H,87,109)(H,89,108)(H,90,105)(H,91,107)(H,92,110)(H,93,104)(H,94,106)(H,88,97,103)/t33?,34?,39?,40?,49-,50+,57-,60?,61-,62-,63+,64-,65+,66-,67-,68-,69+,70-,80+/m1/s1. The SMILES string of the molecule is CN[C@H](CC(C)C)C(=O)N[C@H]1C(=O)N[C@@H](CC(=O)NC(=O)c2ccc(OCCN)c(OCCN)c2)C(=O)N[C@H]2C(=O)N[C@H]3C(=O)N[C@H](C(=O)N[C@H](C(=O)NC4C5CC6CC(C5)CC4C6)c4cc(O)cc5c4-c4cc3ccc4C5(O)O)[C@H](O)c3ccc(c(Cl)c3)Oc3cc2cc(c3O[C@@H]2O[C@H](CO)[C@@H](O)[C@H](O)[C@H]2O)Oc2ccc(cc2Cl)[C@H]1O. The van der Waals surface area contributed by atoms with E-state index in [4.69, 9.17) is 63.1 Å². The number of rotatable bonds is 19. The van der Waals surface area contributed by atoms with Crippen LogP contribution in [0.2, 0.25) is 10.0 Å². The number of imide groups is 1. The van der Waals surface area contributed by atoms with Gasteiger partial charge >= 0.3 is 0 Å². The van der Waals surface area contributed by atoms with E-state index in [0.29, 0.717) is 11.8 Å². The second-order valence-electron chi connectivity index (χ2n) is 31.4. The van der Waals surface area contributed by atoms with Crippen LogP contribution in [0.25, 0.3) is 11.1 Å². The number of nitrogens with two attached hydrogens (primary N) is 2. The minimum absolute atomic E-state index is 0.0100. The monoisotopic (exact) mass is 1670 g/mol. The van der Waals surface area contributed by atoms with Gasteiger partial charge in [-0.3, -0.25) is 48.5 Å². The molecule has 6 heterocycles. The van der Waals surface area contributed by atoms with Crippen molar-refractivity contribution in [3.63, 3.8) is 0 Å². The van der Waals surface area contributed by atoms with Gasteiger partial charge in [-0.25, -0.2) is 0 Å². The van der Waals surface area contributed by atoms with E-state index in [1.165, 1.54) is 67.7 Å². The van der Waals surface area contributed by atoms with E-state index in [-0.39, 0.29) is 135 Å². The predicted octanol–water partition coefficient (Wildman–Crippen LogP) is 0.959. The van der Waals surface area contributed by atoms with Gasteiger partial charge in [0.1, 0.15) is 103 Å². The second kappa shape index (κ2) is 34.5. The molecule has 6 aliphatic heterocycles. The van der Waals surface area contributed by atoms with Crippen LogP contribution in [0.15, 0.2) is 97.1 Å². The largest absolute Gasteiger partial charge is 0.508 e. The van der Waals surface area contributed by atoms with Crippen molar-refractivity contribution in [1.82, 2.24) is 47.9 Å². The molecule has 118 heavy (non-hydrogen) atoms. The number of carbonyl (C=O) groups is 9. The van der Waals surface area contributed by atoms with Crippen LogP contribution in [0.4, 0.5) is 0 Å². The fourth-order valence-electron chi connectivity index (χ4n) is 17.4. The summed E-state index contributed by atoms with van der Waals surface area (Å²) in [5.41, 5.74) is 8.97. The van der Waals surface area contributed by atoms with Crippen LogP contribution in [0.1, 0.15) is 138 Å². The first-order valence-corrected chi connectivity index (χ1v) is 39.5. The van der Waals surface area contributed by atoms with Crippen LogP contribution < -0.4 is 83.0 Å². The zero-order valence-electron chi connectivity index (χ0n) is 63.8. The van der Waals surface area contributed by atoms with Crippen molar-refractivity contribution >= 4 is 76.4 Å². The molecule has 1 saturated heterocycles. The molecule has 4 saturated carbocycles. The Bertz CT molecular complexity index is 4930. The molecule has 6 aromatic carbocycles. The fourth-order valence-corrected chi connectivity index (χ4v) is 17.8. The topological polar surface area (TPSA) is 551 Å². The number of halogens is 2. The maximum atomic E-state index is 16.5. The molecule has 0 spiro atoms. The average Bonchev–Trinajstić information content (AvgIpc) is 1.56. The Morgan fingerprint density at radius 1 is 0.627 bits per heavy atom. The zero-order chi connectivity index (χ0) is 84.2. The highest BCUT2D eigenvalue weighted by atomic mass is 35.5. The Hall–Kier alpha value is -10.4. The van der Waals surface area contributed by atoms with Crippen molar-refractivity contribution in [3.8, 4) is 57.1 Å². The summed E-state index contributed by atoms with van der Waals surface area (Å²) in [5.74, 6) is -16.2. The lowest BCUT2D eigenvalue weighted by Gasteiger charge is -2.54. The number of hydrogen-bond donors (Lipinski definition) is 20. The smallest absolute Gasteiger partial charge is 0.257 e. The van der Waals surface area contributed by atoms with Crippen LogP contribution in [0.5, 0.6) is 46.0 Å². The summed E-state index contributed by atoms with van der Waals surface area (Å²) in [6, 6.07) is 4.20. The van der Waals surface area contributed by atoms with Gasteiger partial charge in [-0.2, -0.15) is 0 Å². The number of benzene rings is 6. The van der Waals surface area contributed by atoms with Crippen LogP contribution in [0.3, 0.4) is 0 Å². The van der Waals surface area contributed by atoms with Crippen molar-refractivity contribution in [2.75, 3.05) is 40.0 Å². The molecule has 5 aliphatic carbocycles. The van der Waals surface area contributed by atoms with E-state index in [0.717, 1.165) is 68.5 Å². The van der Waals surface area contributed by atoms with E-state index < -0.39 is 191 Å². The predicted molar refractivity (Wildman–Crippen MR) is 415 cm³/mol. The third-order valence-electron chi connectivity index (χ3n) is 22.9. The summed E-state index contributed by atoms with van der Waals surface area (Å²) in [7, 11) is 1.47. The molecule has 6 aromatic rings. The molecule has 22 N–H and O–H groups in total. The third kappa shape index (κ3) is 16.9. The van der Waals surface area contributed by atoms with Crippen LogP contribution >= 0.6 is 23.2 Å². The highest BCUT2D eigenvalue weighted by Crippen LogP contribution is 2.56. The van der Waals surface area contributed by atoms with E-state index in [1.54, 1.807) is 0 Å². The van der Waals surface area contributed by atoms with Gasteiger partial charge in [-0.1, -0.05) is 61.3 Å². The number of fused-ring (bicyclic) bond motifs is 12. The first-order chi connectivity index (χ1) is 56.3. The van der Waals surface area contributed by atoms with Gasteiger partial charge in [-0.05, 0) is 187 Å². The maximum Gasteiger partial charge on any atom is 0.257 e. The number of aliphatic hydroxyl groups excluding tert-OH is 6. The second-order valence-corrected chi connectivity index (χ2v) is 32.2. The number of aliphatic hydroxyl groups is 8. The van der Waals surface area contributed by atoms with Gasteiger partial charge in [-0.15, -0.1) is 0 Å². The summed E-state index contributed by atoms with van der Waals surface area (Å²) < 4.78 is 36.9. The number of amides is 9. The number of nitrogens with one attached hydrogen (secondary N) is 9. The molecular formula is C81H91Cl2N11O24. The summed E-state index contributed by atoms with van der Waals surface area (Å²) in [4.78, 5) is 139. The Morgan fingerprint density at radius 3 is 1.86 bits per heavy atom. The number of phenols is 1. The van der Waals surface area contributed by atoms with Crippen molar-refractivity contribution in [2.45, 2.75) is 156 Å². The minimum atomic E-state index is -2.99. The van der Waals surface area contributed by atoms with E-state index >= 15 is 28.8 Å². The summed E-state index contributed by atoms with van der Waals surface area (Å²) in [6.07, 6.45) is -10.9.